The number of aromatic nitrogens is 1. The van der Waals surface area contributed by atoms with Gasteiger partial charge in [0.2, 0.25) is 5.91 Å². The fourth-order valence-electron chi connectivity index (χ4n) is 3.92. The molecule has 5 heteroatoms. The van der Waals surface area contributed by atoms with Crippen LogP contribution in [0.5, 0.6) is 0 Å². The highest BCUT2D eigenvalue weighted by Gasteiger charge is 2.24. The molecule has 1 amide bonds. The second-order valence-electron chi connectivity index (χ2n) is 7.65. The van der Waals surface area contributed by atoms with Crippen molar-refractivity contribution < 1.29 is 9.18 Å². The van der Waals surface area contributed by atoms with Gasteiger partial charge in [-0.2, -0.15) is 0 Å². The number of amides is 1. The molecule has 1 aromatic heterocycles. The minimum absolute atomic E-state index is 0.155. The van der Waals surface area contributed by atoms with Crippen molar-refractivity contribution in [2.24, 2.45) is 0 Å². The third kappa shape index (κ3) is 5.10. The SMILES string of the molecule is O=C(CCN(CCc1ccccn1)Cc1ccc(F)cc1)N1CCc2ccccc21. The van der Waals surface area contributed by atoms with Gasteiger partial charge in [-0.1, -0.05) is 36.4 Å². The van der Waals surface area contributed by atoms with Crippen LogP contribution in [-0.4, -0.2) is 35.4 Å². The summed E-state index contributed by atoms with van der Waals surface area (Å²) in [5, 5.41) is 0. The number of carbonyl (C=O) groups excluding carboxylic acids is 1. The number of pyridine rings is 1. The number of hydrogen-bond donors (Lipinski definition) is 0. The average molecular weight is 404 g/mol. The Bertz CT molecular complexity index is 975. The molecule has 3 aromatic rings. The quantitative estimate of drug-likeness (QED) is 0.564. The highest BCUT2D eigenvalue weighted by molar-refractivity contribution is 5.95. The van der Waals surface area contributed by atoms with Crippen LogP contribution in [0.4, 0.5) is 10.1 Å². The molecule has 154 valence electrons. The third-order valence-electron chi connectivity index (χ3n) is 5.56. The zero-order chi connectivity index (χ0) is 20.8. The number of nitrogens with zero attached hydrogens (tertiary/aromatic N) is 3. The van der Waals surface area contributed by atoms with E-state index in [2.05, 4.69) is 16.0 Å². The Hall–Kier alpha value is -3.05. The standard InChI is InChI=1S/C25H26FN3O/c26-22-10-8-20(9-11-22)19-28(16-13-23-6-3-4-15-27-23)17-14-25(30)29-18-12-21-5-1-2-7-24(21)29/h1-11,15H,12-14,16-19H2. The summed E-state index contributed by atoms with van der Waals surface area (Å²) in [7, 11) is 0. The van der Waals surface area contributed by atoms with Crippen molar-refractivity contribution in [1.82, 2.24) is 9.88 Å². The first kappa shape index (κ1) is 20.2. The summed E-state index contributed by atoms with van der Waals surface area (Å²) in [5.41, 5.74) is 4.35. The molecule has 0 saturated carbocycles. The number of halogens is 1. The number of fused-ring (bicyclic) bond motifs is 1. The molecule has 1 aliphatic heterocycles. The maximum Gasteiger partial charge on any atom is 0.228 e. The van der Waals surface area contributed by atoms with Crippen molar-refractivity contribution in [3.63, 3.8) is 0 Å². The Morgan fingerprint density at radius 1 is 1.00 bits per heavy atom. The lowest BCUT2D eigenvalue weighted by Gasteiger charge is -2.24. The van der Waals surface area contributed by atoms with Crippen LogP contribution < -0.4 is 4.90 Å². The number of hydrogen-bond acceptors (Lipinski definition) is 3. The van der Waals surface area contributed by atoms with Crippen LogP contribution in [-0.2, 0) is 24.2 Å². The first-order valence-electron chi connectivity index (χ1n) is 10.4. The molecule has 1 aliphatic rings. The molecule has 4 rings (SSSR count). The molecule has 0 unspecified atom stereocenters. The summed E-state index contributed by atoms with van der Waals surface area (Å²) in [4.78, 5) is 21.5. The monoisotopic (exact) mass is 403 g/mol. The molecule has 0 saturated heterocycles. The van der Waals surface area contributed by atoms with Crippen molar-refractivity contribution in [2.45, 2.75) is 25.8 Å². The van der Waals surface area contributed by atoms with Crippen LogP contribution in [0.25, 0.3) is 0 Å². The molecule has 2 aromatic carbocycles. The fraction of sp³-hybridized carbons (Fsp3) is 0.280. The number of rotatable bonds is 8. The molecular weight excluding hydrogens is 377 g/mol. The molecule has 0 radical (unpaired) electrons. The van der Waals surface area contributed by atoms with E-state index in [9.17, 15) is 9.18 Å². The number of benzene rings is 2. The lowest BCUT2D eigenvalue weighted by molar-refractivity contribution is -0.118. The molecule has 0 spiro atoms. The van der Waals surface area contributed by atoms with E-state index in [4.69, 9.17) is 0 Å². The van der Waals surface area contributed by atoms with Crippen molar-refractivity contribution >= 4 is 11.6 Å². The van der Waals surface area contributed by atoms with E-state index in [-0.39, 0.29) is 11.7 Å². The van der Waals surface area contributed by atoms with Gasteiger partial charge in [-0.25, -0.2) is 4.39 Å². The smallest absolute Gasteiger partial charge is 0.228 e. The Morgan fingerprint density at radius 3 is 2.60 bits per heavy atom. The van der Waals surface area contributed by atoms with Gasteiger partial charge >= 0.3 is 0 Å². The van der Waals surface area contributed by atoms with Crippen LogP contribution in [0.1, 0.15) is 23.2 Å². The van der Waals surface area contributed by atoms with Crippen molar-refractivity contribution in [1.29, 1.82) is 0 Å². The molecule has 30 heavy (non-hydrogen) atoms. The molecule has 0 N–H and O–H groups in total. The fourth-order valence-corrected chi connectivity index (χ4v) is 3.92. The van der Waals surface area contributed by atoms with E-state index >= 15 is 0 Å². The summed E-state index contributed by atoms with van der Waals surface area (Å²) in [6.07, 6.45) is 3.98. The Morgan fingerprint density at radius 2 is 1.80 bits per heavy atom. The van der Waals surface area contributed by atoms with Gasteiger partial charge < -0.3 is 4.90 Å². The second kappa shape index (κ2) is 9.63. The molecule has 0 aliphatic carbocycles. The Balaban J connectivity index is 1.39. The molecule has 2 heterocycles. The van der Waals surface area contributed by atoms with Gasteiger partial charge in [-0.3, -0.25) is 14.7 Å². The minimum Gasteiger partial charge on any atom is -0.312 e. The average Bonchev–Trinajstić information content (AvgIpc) is 3.22. The van der Waals surface area contributed by atoms with Gasteiger partial charge in [0, 0.05) is 56.6 Å². The number of anilines is 1. The van der Waals surface area contributed by atoms with E-state index in [0.717, 1.165) is 42.9 Å². The largest absolute Gasteiger partial charge is 0.312 e. The van der Waals surface area contributed by atoms with Gasteiger partial charge in [-0.15, -0.1) is 0 Å². The van der Waals surface area contributed by atoms with E-state index < -0.39 is 0 Å². The van der Waals surface area contributed by atoms with Crippen molar-refractivity contribution in [3.05, 3.63) is 95.6 Å². The van der Waals surface area contributed by atoms with Crippen LogP contribution in [0, 0.1) is 5.82 Å². The van der Waals surface area contributed by atoms with Crippen molar-refractivity contribution in [2.75, 3.05) is 24.5 Å². The van der Waals surface area contributed by atoms with Crippen LogP contribution in [0.3, 0.4) is 0 Å². The summed E-state index contributed by atoms with van der Waals surface area (Å²) in [6.45, 7) is 2.88. The molecular formula is C25H26FN3O. The first-order chi connectivity index (χ1) is 14.7. The number of carbonyl (C=O) groups is 1. The zero-order valence-corrected chi connectivity index (χ0v) is 17.0. The first-order valence-corrected chi connectivity index (χ1v) is 10.4. The van der Waals surface area contributed by atoms with Crippen molar-refractivity contribution in [3.8, 4) is 0 Å². The van der Waals surface area contributed by atoms with E-state index in [1.807, 2.05) is 53.4 Å². The highest BCUT2D eigenvalue weighted by atomic mass is 19.1. The summed E-state index contributed by atoms with van der Waals surface area (Å²) in [6, 6.07) is 20.6. The predicted molar refractivity (Wildman–Crippen MR) is 117 cm³/mol. The van der Waals surface area contributed by atoms with Gasteiger partial charge in [0.25, 0.3) is 0 Å². The molecule has 0 atom stereocenters. The second-order valence-corrected chi connectivity index (χ2v) is 7.65. The Kier molecular flexibility index (Phi) is 6.50. The highest BCUT2D eigenvalue weighted by Crippen LogP contribution is 2.27. The van der Waals surface area contributed by atoms with Crippen LogP contribution in [0.2, 0.25) is 0 Å². The number of para-hydroxylation sites is 1. The maximum absolute atomic E-state index is 13.3. The Labute approximate surface area is 177 Å². The third-order valence-corrected chi connectivity index (χ3v) is 5.56. The van der Waals surface area contributed by atoms with Gasteiger partial charge in [0.05, 0.1) is 0 Å². The van der Waals surface area contributed by atoms with Crippen LogP contribution >= 0.6 is 0 Å². The molecule has 0 fully saturated rings. The van der Waals surface area contributed by atoms with Gasteiger partial charge in [-0.05, 0) is 47.9 Å². The van der Waals surface area contributed by atoms with Crippen LogP contribution in [0.15, 0.2) is 72.9 Å². The minimum atomic E-state index is -0.235. The molecule has 0 bridgehead atoms. The van der Waals surface area contributed by atoms with E-state index in [0.29, 0.717) is 19.5 Å². The lowest BCUT2D eigenvalue weighted by Crippen LogP contribution is -2.34. The summed E-state index contributed by atoms with van der Waals surface area (Å²) < 4.78 is 13.3. The van der Waals surface area contributed by atoms with Gasteiger partial charge in [0.15, 0.2) is 0 Å². The maximum atomic E-state index is 13.3. The summed E-state index contributed by atoms with van der Waals surface area (Å²) >= 11 is 0. The topological polar surface area (TPSA) is 36.4 Å². The van der Waals surface area contributed by atoms with E-state index in [1.54, 1.807) is 6.20 Å². The zero-order valence-electron chi connectivity index (χ0n) is 17.0. The van der Waals surface area contributed by atoms with E-state index in [1.165, 1.54) is 17.7 Å². The normalized spacial score (nSPS) is 12.9. The van der Waals surface area contributed by atoms with Gasteiger partial charge in [0.1, 0.15) is 5.82 Å². The molecule has 4 nitrogen and oxygen atoms in total. The predicted octanol–water partition coefficient (Wildman–Crippen LogP) is 4.24. The summed E-state index contributed by atoms with van der Waals surface area (Å²) in [5.74, 6) is -0.0800. The lowest BCUT2D eigenvalue weighted by atomic mass is 10.1.